The fraction of sp³-hybridized carbons (Fsp3) is 0.375. The van der Waals surface area contributed by atoms with E-state index in [1.165, 1.54) is 6.33 Å². The predicted molar refractivity (Wildman–Crippen MR) is 130 cm³/mol. The van der Waals surface area contributed by atoms with Crippen LogP contribution in [0.5, 0.6) is 0 Å². The van der Waals surface area contributed by atoms with E-state index in [-0.39, 0.29) is 17.6 Å². The number of anilines is 3. The Kier molecular flexibility index (Phi) is 5.30. The van der Waals surface area contributed by atoms with Crippen molar-refractivity contribution >= 4 is 39.1 Å². The van der Waals surface area contributed by atoms with Crippen LogP contribution in [0.2, 0.25) is 0 Å². The van der Waals surface area contributed by atoms with Gasteiger partial charge in [-0.25, -0.2) is 9.97 Å². The molecule has 166 valence electrons. The van der Waals surface area contributed by atoms with Crippen LogP contribution in [0.25, 0.3) is 21.8 Å². The highest BCUT2D eigenvalue weighted by Gasteiger charge is 2.23. The van der Waals surface area contributed by atoms with Crippen molar-refractivity contribution in [3.05, 3.63) is 53.2 Å². The molecule has 0 saturated heterocycles. The number of hydrogen-bond donors (Lipinski definition) is 4. The number of pyridine rings is 1. The van der Waals surface area contributed by atoms with Gasteiger partial charge in [0.15, 0.2) is 0 Å². The number of nitrogens with one attached hydrogen (secondary N) is 3. The molecule has 0 radical (unpaired) electrons. The predicted octanol–water partition coefficient (Wildman–Crippen LogP) is 4.28. The quantitative estimate of drug-likeness (QED) is 0.375. The number of hydrogen-bond acceptors (Lipinski definition) is 6. The third-order valence-electron chi connectivity index (χ3n) is 6.35. The molecule has 0 spiro atoms. The number of benzene rings is 1. The average molecular weight is 432 g/mol. The van der Waals surface area contributed by atoms with Gasteiger partial charge in [0.05, 0.1) is 17.4 Å². The lowest BCUT2D eigenvalue weighted by atomic mass is 9.91. The van der Waals surface area contributed by atoms with Gasteiger partial charge in [0.2, 0.25) is 0 Å². The minimum absolute atomic E-state index is 0.0920. The van der Waals surface area contributed by atoms with Crippen LogP contribution in [-0.4, -0.2) is 31.6 Å². The Labute approximate surface area is 186 Å². The SMILES string of the molecule is CC(C)n1ccc2c(Nc3nc(NC4CCCCC4N)cc4nc[nH]c(=O)c34)cccc21. The third kappa shape index (κ3) is 3.71. The topological polar surface area (TPSA) is 114 Å². The number of aromatic amines is 1. The molecule has 32 heavy (non-hydrogen) atoms. The first kappa shape index (κ1) is 20.5. The number of rotatable bonds is 5. The summed E-state index contributed by atoms with van der Waals surface area (Å²) in [5.74, 6) is 1.15. The molecule has 5 N–H and O–H groups in total. The summed E-state index contributed by atoms with van der Waals surface area (Å²) in [4.78, 5) is 24.5. The van der Waals surface area contributed by atoms with Gasteiger partial charge in [0, 0.05) is 41.5 Å². The summed E-state index contributed by atoms with van der Waals surface area (Å²) in [7, 11) is 0. The van der Waals surface area contributed by atoms with Crippen LogP contribution < -0.4 is 21.9 Å². The normalized spacial score (nSPS) is 19.0. The van der Waals surface area contributed by atoms with Crippen LogP contribution in [-0.2, 0) is 0 Å². The second kappa shape index (κ2) is 8.27. The van der Waals surface area contributed by atoms with Gasteiger partial charge in [-0.3, -0.25) is 4.79 Å². The number of nitrogens with zero attached hydrogens (tertiary/aromatic N) is 3. The highest BCUT2D eigenvalue weighted by atomic mass is 16.1. The zero-order valence-corrected chi connectivity index (χ0v) is 18.4. The van der Waals surface area contributed by atoms with E-state index in [1.807, 2.05) is 18.2 Å². The van der Waals surface area contributed by atoms with E-state index in [2.05, 4.69) is 57.3 Å². The highest BCUT2D eigenvalue weighted by molar-refractivity contribution is 5.98. The Hall–Kier alpha value is -3.39. The monoisotopic (exact) mass is 431 g/mol. The van der Waals surface area contributed by atoms with Crippen LogP contribution >= 0.6 is 0 Å². The first-order valence-corrected chi connectivity index (χ1v) is 11.3. The van der Waals surface area contributed by atoms with E-state index >= 15 is 0 Å². The van der Waals surface area contributed by atoms with Crippen LogP contribution in [0.3, 0.4) is 0 Å². The van der Waals surface area contributed by atoms with Gasteiger partial charge in [-0.1, -0.05) is 18.9 Å². The molecule has 4 aromatic rings. The molecule has 2 unspecified atom stereocenters. The largest absolute Gasteiger partial charge is 0.366 e. The first-order valence-electron chi connectivity index (χ1n) is 11.3. The van der Waals surface area contributed by atoms with Gasteiger partial charge >= 0.3 is 0 Å². The highest BCUT2D eigenvalue weighted by Crippen LogP contribution is 2.31. The minimum atomic E-state index is -0.224. The molecule has 1 saturated carbocycles. The second-order valence-electron chi connectivity index (χ2n) is 8.86. The molecule has 3 aromatic heterocycles. The Morgan fingerprint density at radius 1 is 1.22 bits per heavy atom. The number of H-pyrrole nitrogens is 1. The van der Waals surface area contributed by atoms with Crippen LogP contribution in [0.4, 0.5) is 17.3 Å². The van der Waals surface area contributed by atoms with Crippen LogP contribution in [0, 0.1) is 0 Å². The minimum Gasteiger partial charge on any atom is -0.366 e. The molecule has 2 atom stereocenters. The molecule has 0 aliphatic heterocycles. The molecule has 8 nitrogen and oxygen atoms in total. The van der Waals surface area contributed by atoms with E-state index in [0.29, 0.717) is 28.6 Å². The van der Waals surface area contributed by atoms with Crippen LogP contribution in [0.1, 0.15) is 45.6 Å². The molecule has 0 bridgehead atoms. The van der Waals surface area contributed by atoms with Gasteiger partial charge < -0.3 is 25.9 Å². The fourth-order valence-corrected chi connectivity index (χ4v) is 4.66. The van der Waals surface area contributed by atoms with Crippen molar-refractivity contribution in [1.82, 2.24) is 19.5 Å². The van der Waals surface area contributed by atoms with E-state index in [1.54, 1.807) is 0 Å². The van der Waals surface area contributed by atoms with Gasteiger partial charge in [0.25, 0.3) is 5.56 Å². The number of fused-ring (bicyclic) bond motifs is 2. The second-order valence-corrected chi connectivity index (χ2v) is 8.86. The lowest BCUT2D eigenvalue weighted by Gasteiger charge is -2.29. The molecule has 8 heteroatoms. The summed E-state index contributed by atoms with van der Waals surface area (Å²) in [6, 6.07) is 10.6. The molecule has 1 aromatic carbocycles. The van der Waals surface area contributed by atoms with Gasteiger partial charge in [-0.05, 0) is 44.9 Å². The summed E-state index contributed by atoms with van der Waals surface area (Å²) in [6.07, 6.45) is 7.83. The Bertz CT molecular complexity index is 1320. The molecule has 1 aliphatic rings. The molecule has 5 rings (SSSR count). The van der Waals surface area contributed by atoms with Crippen molar-refractivity contribution in [3.8, 4) is 0 Å². The number of nitrogens with two attached hydrogens (primary N) is 1. The fourth-order valence-electron chi connectivity index (χ4n) is 4.66. The van der Waals surface area contributed by atoms with Crippen molar-refractivity contribution < 1.29 is 0 Å². The smallest absolute Gasteiger partial charge is 0.262 e. The zero-order valence-electron chi connectivity index (χ0n) is 18.4. The Morgan fingerprint density at radius 3 is 2.88 bits per heavy atom. The lowest BCUT2D eigenvalue weighted by Crippen LogP contribution is -2.42. The van der Waals surface area contributed by atoms with Crippen molar-refractivity contribution in [1.29, 1.82) is 0 Å². The van der Waals surface area contributed by atoms with Gasteiger partial charge in [-0.2, -0.15) is 0 Å². The molecule has 1 aliphatic carbocycles. The third-order valence-corrected chi connectivity index (χ3v) is 6.35. The maximum Gasteiger partial charge on any atom is 0.262 e. The summed E-state index contributed by atoms with van der Waals surface area (Å²) in [5, 5.41) is 8.42. The van der Waals surface area contributed by atoms with E-state index in [9.17, 15) is 4.79 Å². The van der Waals surface area contributed by atoms with E-state index < -0.39 is 0 Å². The summed E-state index contributed by atoms with van der Waals surface area (Å²) >= 11 is 0. The van der Waals surface area contributed by atoms with Gasteiger partial charge in [0.1, 0.15) is 17.0 Å². The Balaban J connectivity index is 1.58. The number of aromatic nitrogens is 4. The van der Waals surface area contributed by atoms with Crippen molar-refractivity contribution in [2.45, 2.75) is 57.7 Å². The molecular weight excluding hydrogens is 402 g/mol. The molecular formula is C24H29N7O. The van der Waals surface area contributed by atoms with Crippen LogP contribution in [0.15, 0.2) is 47.7 Å². The summed E-state index contributed by atoms with van der Waals surface area (Å²) in [5.41, 5.74) is 8.72. The molecule has 0 amide bonds. The summed E-state index contributed by atoms with van der Waals surface area (Å²) in [6.45, 7) is 4.32. The summed E-state index contributed by atoms with van der Waals surface area (Å²) < 4.78 is 2.23. The van der Waals surface area contributed by atoms with E-state index in [0.717, 1.165) is 42.3 Å². The molecule has 3 heterocycles. The average Bonchev–Trinajstić information content (AvgIpc) is 3.21. The van der Waals surface area contributed by atoms with E-state index in [4.69, 9.17) is 10.7 Å². The maximum absolute atomic E-state index is 12.7. The van der Waals surface area contributed by atoms with Gasteiger partial charge in [-0.15, -0.1) is 0 Å². The lowest BCUT2D eigenvalue weighted by molar-refractivity contribution is 0.403. The standard InChI is InChI=1S/C24H29N7O/c1-14(2)31-11-10-15-17(8-5-9-20(15)31)29-23-22-19(26-13-27-24(22)32)12-21(30-23)28-18-7-4-3-6-16(18)25/h5,8-14,16,18H,3-4,6-7,25H2,1-2H3,(H,26,27,32)(H2,28,29,30). The van der Waals surface area contributed by atoms with Crippen molar-refractivity contribution in [2.24, 2.45) is 5.73 Å². The van der Waals surface area contributed by atoms with Crippen molar-refractivity contribution in [3.63, 3.8) is 0 Å². The zero-order chi connectivity index (χ0) is 22.2. The van der Waals surface area contributed by atoms with Crippen molar-refractivity contribution in [2.75, 3.05) is 10.6 Å². The molecule has 1 fully saturated rings. The first-order chi connectivity index (χ1) is 15.5. The maximum atomic E-state index is 12.7. The Morgan fingerprint density at radius 2 is 2.06 bits per heavy atom.